The van der Waals surface area contributed by atoms with E-state index in [2.05, 4.69) is 26.0 Å². The van der Waals surface area contributed by atoms with Crippen LogP contribution in [0.25, 0.3) is 0 Å². The molecule has 1 aromatic rings. The molecule has 1 aliphatic rings. The van der Waals surface area contributed by atoms with Crippen LogP contribution >= 0.6 is 0 Å². The summed E-state index contributed by atoms with van der Waals surface area (Å²) in [5, 5.41) is 9.55. The van der Waals surface area contributed by atoms with Gasteiger partial charge in [0, 0.05) is 19.5 Å². The third kappa shape index (κ3) is 5.64. The third-order valence-electron chi connectivity index (χ3n) is 4.46. The van der Waals surface area contributed by atoms with Crippen LogP contribution < -0.4 is 0 Å². The van der Waals surface area contributed by atoms with Crippen molar-refractivity contribution < 1.29 is 19.4 Å². The molecule has 0 aliphatic carbocycles. The van der Waals surface area contributed by atoms with Gasteiger partial charge in [0.1, 0.15) is 0 Å². The van der Waals surface area contributed by atoms with Crippen molar-refractivity contribution in [1.29, 1.82) is 0 Å². The van der Waals surface area contributed by atoms with E-state index in [1.54, 1.807) is 4.90 Å². The van der Waals surface area contributed by atoms with Crippen LogP contribution in [0.5, 0.6) is 0 Å². The molecule has 1 atom stereocenters. The van der Waals surface area contributed by atoms with Gasteiger partial charge >= 0.3 is 5.97 Å². The normalized spacial score (nSPS) is 16.7. The number of benzene rings is 1. The van der Waals surface area contributed by atoms with Gasteiger partial charge in [-0.05, 0) is 23.8 Å². The quantitative estimate of drug-likeness (QED) is 0.833. The SMILES string of the molecule is CC(C)(Cc1ccccc1)C[C@H](CC(=O)N1CCOCC1)C(=O)O. The molecule has 1 heterocycles. The van der Waals surface area contributed by atoms with Gasteiger partial charge in [-0.1, -0.05) is 44.2 Å². The topological polar surface area (TPSA) is 66.8 Å². The van der Waals surface area contributed by atoms with E-state index in [-0.39, 0.29) is 17.7 Å². The van der Waals surface area contributed by atoms with Crippen LogP contribution in [0, 0.1) is 11.3 Å². The molecular formula is C19H27NO4. The van der Waals surface area contributed by atoms with Gasteiger partial charge in [0.15, 0.2) is 0 Å². The maximum atomic E-state index is 12.4. The van der Waals surface area contributed by atoms with Gasteiger partial charge < -0.3 is 14.7 Å². The van der Waals surface area contributed by atoms with Crippen LogP contribution in [0.2, 0.25) is 0 Å². The first-order valence-electron chi connectivity index (χ1n) is 8.50. The number of carbonyl (C=O) groups excluding carboxylic acids is 1. The molecule has 5 heteroatoms. The Morgan fingerprint density at radius 3 is 2.42 bits per heavy atom. The number of ether oxygens (including phenoxy) is 1. The first-order chi connectivity index (χ1) is 11.4. The number of carboxylic acid groups (broad SMARTS) is 1. The Morgan fingerprint density at radius 2 is 1.83 bits per heavy atom. The third-order valence-corrected chi connectivity index (χ3v) is 4.46. The standard InChI is InChI=1S/C19H27NO4/c1-19(2,13-15-6-4-3-5-7-15)14-16(18(22)23)12-17(21)20-8-10-24-11-9-20/h3-7,16H,8-14H2,1-2H3,(H,22,23)/t16-/m0/s1. The van der Waals surface area contributed by atoms with Crippen molar-refractivity contribution in [3.63, 3.8) is 0 Å². The van der Waals surface area contributed by atoms with E-state index in [1.165, 1.54) is 5.56 Å². The van der Waals surface area contributed by atoms with Crippen LogP contribution in [0.4, 0.5) is 0 Å². The number of nitrogens with zero attached hydrogens (tertiary/aromatic N) is 1. The van der Waals surface area contributed by atoms with Crippen molar-refractivity contribution in [1.82, 2.24) is 4.90 Å². The lowest BCUT2D eigenvalue weighted by Crippen LogP contribution is -2.42. The second-order valence-corrected chi connectivity index (χ2v) is 7.26. The zero-order chi connectivity index (χ0) is 17.6. The minimum absolute atomic E-state index is 0.0630. The van der Waals surface area contributed by atoms with E-state index in [1.807, 2.05) is 18.2 Å². The highest BCUT2D eigenvalue weighted by Crippen LogP contribution is 2.31. The first-order valence-corrected chi connectivity index (χ1v) is 8.50. The summed E-state index contributed by atoms with van der Waals surface area (Å²) in [7, 11) is 0. The minimum atomic E-state index is -0.891. The van der Waals surface area contributed by atoms with Crippen LogP contribution in [-0.4, -0.2) is 48.2 Å². The summed E-state index contributed by atoms with van der Waals surface area (Å²) in [5.41, 5.74) is 1.00. The molecule has 0 bridgehead atoms. The fourth-order valence-corrected chi connectivity index (χ4v) is 3.29. The van der Waals surface area contributed by atoms with Crippen LogP contribution in [0.1, 0.15) is 32.3 Å². The van der Waals surface area contributed by atoms with Crippen molar-refractivity contribution in [2.24, 2.45) is 11.3 Å². The average Bonchev–Trinajstić information content (AvgIpc) is 2.55. The Kier molecular flexibility index (Phi) is 6.37. The molecule has 2 rings (SSSR count). The van der Waals surface area contributed by atoms with Gasteiger partial charge in [0.2, 0.25) is 5.91 Å². The van der Waals surface area contributed by atoms with Crippen molar-refractivity contribution in [3.05, 3.63) is 35.9 Å². The summed E-state index contributed by atoms with van der Waals surface area (Å²) in [4.78, 5) is 25.7. The largest absolute Gasteiger partial charge is 0.481 e. The number of carbonyl (C=O) groups is 2. The van der Waals surface area contributed by atoms with Crippen LogP contribution in [-0.2, 0) is 20.7 Å². The molecule has 1 N–H and O–H groups in total. The molecule has 0 unspecified atom stereocenters. The summed E-state index contributed by atoms with van der Waals surface area (Å²) < 4.78 is 5.24. The van der Waals surface area contributed by atoms with E-state index >= 15 is 0 Å². The smallest absolute Gasteiger partial charge is 0.307 e. The average molecular weight is 333 g/mol. The lowest BCUT2D eigenvalue weighted by Gasteiger charge is -2.31. The van der Waals surface area contributed by atoms with E-state index in [9.17, 15) is 14.7 Å². The number of amides is 1. The van der Waals surface area contributed by atoms with Gasteiger partial charge in [-0.15, -0.1) is 0 Å². The number of morpholine rings is 1. The molecular weight excluding hydrogens is 306 g/mol. The van der Waals surface area contributed by atoms with Gasteiger partial charge in [-0.25, -0.2) is 0 Å². The molecule has 1 saturated heterocycles. The molecule has 0 saturated carbocycles. The fraction of sp³-hybridized carbons (Fsp3) is 0.579. The summed E-state index contributed by atoms with van der Waals surface area (Å²) in [6.45, 7) is 6.30. The summed E-state index contributed by atoms with van der Waals surface area (Å²) >= 11 is 0. The van der Waals surface area contributed by atoms with Gasteiger partial charge in [-0.3, -0.25) is 9.59 Å². The zero-order valence-corrected chi connectivity index (χ0v) is 14.5. The van der Waals surface area contributed by atoms with Crippen molar-refractivity contribution in [2.45, 2.75) is 33.1 Å². The van der Waals surface area contributed by atoms with Crippen molar-refractivity contribution in [3.8, 4) is 0 Å². The molecule has 1 amide bonds. The Balaban J connectivity index is 1.96. The van der Waals surface area contributed by atoms with Crippen LogP contribution in [0.15, 0.2) is 30.3 Å². The van der Waals surface area contributed by atoms with E-state index in [0.29, 0.717) is 32.7 Å². The maximum Gasteiger partial charge on any atom is 0.307 e. The molecule has 132 valence electrons. The monoisotopic (exact) mass is 333 g/mol. The Labute approximate surface area is 143 Å². The molecule has 0 radical (unpaired) electrons. The molecule has 1 fully saturated rings. The highest BCUT2D eigenvalue weighted by molar-refractivity contribution is 5.82. The highest BCUT2D eigenvalue weighted by Gasteiger charge is 2.31. The van der Waals surface area contributed by atoms with Gasteiger partial charge in [0.05, 0.1) is 19.1 Å². The molecule has 0 aromatic heterocycles. The van der Waals surface area contributed by atoms with Crippen molar-refractivity contribution >= 4 is 11.9 Å². The Hall–Kier alpha value is -1.88. The summed E-state index contributed by atoms with van der Waals surface area (Å²) in [6, 6.07) is 10.1. The lowest BCUT2D eigenvalue weighted by molar-refractivity contribution is -0.148. The fourth-order valence-electron chi connectivity index (χ4n) is 3.29. The molecule has 0 spiro atoms. The van der Waals surface area contributed by atoms with Gasteiger partial charge in [-0.2, -0.15) is 0 Å². The zero-order valence-electron chi connectivity index (χ0n) is 14.5. The van der Waals surface area contributed by atoms with E-state index in [0.717, 1.165) is 6.42 Å². The highest BCUT2D eigenvalue weighted by atomic mass is 16.5. The van der Waals surface area contributed by atoms with Crippen LogP contribution in [0.3, 0.4) is 0 Å². The maximum absolute atomic E-state index is 12.4. The molecule has 24 heavy (non-hydrogen) atoms. The minimum Gasteiger partial charge on any atom is -0.481 e. The second kappa shape index (κ2) is 8.29. The predicted octanol–water partition coefficient (Wildman–Crippen LogP) is 2.60. The van der Waals surface area contributed by atoms with E-state index in [4.69, 9.17) is 4.74 Å². The Morgan fingerprint density at radius 1 is 1.21 bits per heavy atom. The predicted molar refractivity (Wildman–Crippen MR) is 91.7 cm³/mol. The van der Waals surface area contributed by atoms with Crippen molar-refractivity contribution in [2.75, 3.05) is 26.3 Å². The van der Waals surface area contributed by atoms with E-state index < -0.39 is 11.9 Å². The number of rotatable bonds is 7. The molecule has 1 aromatic carbocycles. The number of hydrogen-bond donors (Lipinski definition) is 1. The molecule has 1 aliphatic heterocycles. The first kappa shape index (κ1) is 18.5. The molecule has 5 nitrogen and oxygen atoms in total. The summed E-state index contributed by atoms with van der Waals surface area (Å²) in [5.74, 6) is -1.63. The summed E-state index contributed by atoms with van der Waals surface area (Å²) in [6.07, 6.45) is 1.34. The number of carboxylic acids is 1. The number of hydrogen-bond acceptors (Lipinski definition) is 3. The lowest BCUT2D eigenvalue weighted by atomic mass is 9.77. The second-order valence-electron chi connectivity index (χ2n) is 7.26. The van der Waals surface area contributed by atoms with Gasteiger partial charge in [0.25, 0.3) is 0 Å². The number of aliphatic carboxylic acids is 1. The Bertz CT molecular complexity index is 550.